The van der Waals surface area contributed by atoms with Crippen LogP contribution in [-0.2, 0) is 27.2 Å². The van der Waals surface area contributed by atoms with Crippen LogP contribution < -0.4 is 5.73 Å². The Hall–Kier alpha value is -2.87. The van der Waals surface area contributed by atoms with E-state index in [0.717, 1.165) is 36.8 Å². The van der Waals surface area contributed by atoms with Crippen molar-refractivity contribution in [3.8, 4) is 0 Å². The normalized spacial score (nSPS) is 25.0. The molecule has 2 amide bonds. The number of para-hydroxylation sites is 1. The summed E-state index contributed by atoms with van der Waals surface area (Å²) in [7, 11) is 0. The molecule has 8 heteroatoms. The molecular weight excluding hydrogens is 398 g/mol. The minimum Gasteiger partial charge on any atom is -0.483 e. The first kappa shape index (κ1) is 21.4. The predicted molar refractivity (Wildman–Crippen MR) is 115 cm³/mol. The number of hydrogen-bond acceptors (Lipinski definition) is 4. The molecule has 1 aliphatic heterocycles. The minimum absolute atomic E-state index is 0.00403. The van der Waals surface area contributed by atoms with Crippen LogP contribution in [0.25, 0.3) is 10.9 Å². The Morgan fingerprint density at radius 2 is 2.00 bits per heavy atom. The third kappa shape index (κ3) is 4.04. The van der Waals surface area contributed by atoms with Gasteiger partial charge in [0, 0.05) is 23.5 Å². The van der Waals surface area contributed by atoms with Crippen molar-refractivity contribution in [1.29, 1.82) is 0 Å². The fourth-order valence-electron chi connectivity index (χ4n) is 5.38. The topological polar surface area (TPSA) is 126 Å². The van der Waals surface area contributed by atoms with Gasteiger partial charge < -0.3 is 25.5 Å². The highest BCUT2D eigenvalue weighted by atomic mass is 16.5. The number of carboxylic acid groups (broad SMARTS) is 1. The molecule has 4 N–H and O–H groups in total. The van der Waals surface area contributed by atoms with E-state index in [4.69, 9.17) is 20.4 Å². The number of carbonyl (C=O) groups excluding carboxylic acids is 2. The highest BCUT2D eigenvalue weighted by molar-refractivity contribution is 6.07. The van der Waals surface area contributed by atoms with Gasteiger partial charge in [-0.1, -0.05) is 12.1 Å². The molecule has 3 atom stereocenters. The maximum atomic E-state index is 13.6. The lowest BCUT2D eigenvalue weighted by Crippen LogP contribution is -2.57. The maximum Gasteiger partial charge on any atom is 0.290 e. The molecule has 0 spiro atoms. The predicted octanol–water partition coefficient (Wildman–Crippen LogP) is 2.24. The van der Waals surface area contributed by atoms with E-state index in [1.807, 2.05) is 17.0 Å². The van der Waals surface area contributed by atoms with Gasteiger partial charge in [-0.3, -0.25) is 14.4 Å². The molecule has 31 heavy (non-hydrogen) atoms. The summed E-state index contributed by atoms with van der Waals surface area (Å²) in [6.45, 7) is 0.855. The molecule has 8 nitrogen and oxygen atoms in total. The average molecular weight is 428 g/mol. The van der Waals surface area contributed by atoms with Gasteiger partial charge >= 0.3 is 0 Å². The molecule has 2 aliphatic carbocycles. The Bertz CT molecular complexity index is 985. The van der Waals surface area contributed by atoms with E-state index in [9.17, 15) is 9.59 Å². The summed E-state index contributed by atoms with van der Waals surface area (Å²) in [5.74, 6) is -0.407. The van der Waals surface area contributed by atoms with Crippen LogP contribution in [0.15, 0.2) is 18.2 Å². The molecular formula is C23H29N3O5. The fourth-order valence-corrected chi connectivity index (χ4v) is 5.38. The number of aromatic nitrogens is 1. The third-order valence-corrected chi connectivity index (χ3v) is 6.85. The van der Waals surface area contributed by atoms with Crippen molar-refractivity contribution in [2.24, 2.45) is 11.7 Å². The lowest BCUT2D eigenvalue weighted by Gasteiger charge is -2.45. The lowest BCUT2D eigenvalue weighted by atomic mass is 9.81. The molecule has 1 aromatic heterocycles. The van der Waals surface area contributed by atoms with E-state index in [1.165, 1.54) is 29.5 Å². The number of fused-ring (bicyclic) bond motifs is 4. The van der Waals surface area contributed by atoms with Crippen molar-refractivity contribution >= 4 is 29.2 Å². The Morgan fingerprint density at radius 3 is 2.77 bits per heavy atom. The van der Waals surface area contributed by atoms with Gasteiger partial charge in [0.1, 0.15) is 0 Å². The molecule has 166 valence electrons. The number of nitrogens with zero attached hydrogens (tertiary/aromatic N) is 1. The number of hydrogen-bond donors (Lipinski definition) is 3. The first-order valence-electron chi connectivity index (χ1n) is 11.0. The van der Waals surface area contributed by atoms with Crippen LogP contribution in [0.3, 0.4) is 0 Å². The van der Waals surface area contributed by atoms with Crippen LogP contribution in [0.1, 0.15) is 53.7 Å². The standard InChI is InChI=1S/C22H27N3O3.CH2O2/c23-21(26)13-8-9-19-18(12-13)25(10-11-28-19)22(27)16-6-3-5-15-14-4-1-2-7-17(14)24-20(15)16;2-1-3/h3,5-6,13,18-19,24H,1-2,4,7-12H2,(H2,23,26);1H,(H,2,3)/t13-,18+,19+;/m0./s1. The zero-order valence-electron chi connectivity index (χ0n) is 17.5. The van der Waals surface area contributed by atoms with E-state index < -0.39 is 0 Å². The molecule has 1 saturated heterocycles. The van der Waals surface area contributed by atoms with Crippen molar-refractivity contribution in [2.75, 3.05) is 13.2 Å². The Balaban J connectivity index is 0.000000730. The second kappa shape index (κ2) is 9.09. The van der Waals surface area contributed by atoms with E-state index in [-0.39, 0.29) is 36.4 Å². The van der Waals surface area contributed by atoms with Gasteiger partial charge in [0.05, 0.1) is 29.8 Å². The number of aryl methyl sites for hydroxylation is 2. The Labute approximate surface area is 180 Å². The molecule has 3 aliphatic rings. The molecule has 1 aromatic carbocycles. The van der Waals surface area contributed by atoms with Crippen LogP contribution in [0, 0.1) is 5.92 Å². The SMILES string of the molecule is NC(=O)[C@H]1CC[C@H]2OCCN(C(=O)c3cccc4c5c([nH]c34)CCCC5)[C@@H]2C1.O=CO. The van der Waals surface area contributed by atoms with E-state index in [0.29, 0.717) is 19.6 Å². The lowest BCUT2D eigenvalue weighted by molar-refractivity contribution is -0.128. The molecule has 2 heterocycles. The first-order chi connectivity index (χ1) is 15.0. The largest absolute Gasteiger partial charge is 0.483 e. The van der Waals surface area contributed by atoms with E-state index >= 15 is 0 Å². The van der Waals surface area contributed by atoms with E-state index in [1.54, 1.807) is 0 Å². The summed E-state index contributed by atoms with van der Waals surface area (Å²) >= 11 is 0. The van der Waals surface area contributed by atoms with Crippen LogP contribution in [-0.4, -0.2) is 58.6 Å². The minimum atomic E-state index is -0.268. The van der Waals surface area contributed by atoms with Gasteiger partial charge in [-0.15, -0.1) is 0 Å². The van der Waals surface area contributed by atoms with Gasteiger partial charge in [0.15, 0.2) is 0 Å². The zero-order chi connectivity index (χ0) is 22.0. The van der Waals surface area contributed by atoms with Crippen molar-refractivity contribution in [3.63, 3.8) is 0 Å². The molecule has 2 aromatic rings. The first-order valence-corrected chi connectivity index (χ1v) is 11.0. The summed E-state index contributed by atoms with van der Waals surface area (Å²) in [6.07, 6.45) is 6.67. The van der Waals surface area contributed by atoms with Crippen molar-refractivity contribution in [1.82, 2.24) is 9.88 Å². The number of benzene rings is 1. The van der Waals surface area contributed by atoms with Gasteiger partial charge in [-0.25, -0.2) is 0 Å². The third-order valence-electron chi connectivity index (χ3n) is 6.85. The molecule has 1 saturated carbocycles. The van der Waals surface area contributed by atoms with Crippen LogP contribution in [0.4, 0.5) is 0 Å². The Morgan fingerprint density at radius 1 is 1.23 bits per heavy atom. The van der Waals surface area contributed by atoms with Gasteiger partial charge in [-0.2, -0.15) is 0 Å². The number of amides is 2. The van der Waals surface area contributed by atoms with Crippen molar-refractivity contribution in [2.45, 2.75) is 57.1 Å². The molecule has 0 unspecified atom stereocenters. The fraction of sp³-hybridized carbons (Fsp3) is 0.522. The van der Waals surface area contributed by atoms with Crippen LogP contribution in [0.2, 0.25) is 0 Å². The quantitative estimate of drug-likeness (QED) is 0.634. The number of ether oxygens (including phenoxy) is 1. The number of rotatable bonds is 2. The van der Waals surface area contributed by atoms with Crippen molar-refractivity contribution < 1.29 is 24.2 Å². The summed E-state index contributed by atoms with van der Waals surface area (Å²) in [6, 6.07) is 5.96. The molecule has 0 bridgehead atoms. The number of carbonyl (C=O) groups is 3. The van der Waals surface area contributed by atoms with Crippen LogP contribution in [0.5, 0.6) is 0 Å². The number of morpholine rings is 1. The summed E-state index contributed by atoms with van der Waals surface area (Å²) in [5.41, 5.74) is 9.92. The molecule has 2 fully saturated rings. The van der Waals surface area contributed by atoms with E-state index in [2.05, 4.69) is 11.1 Å². The van der Waals surface area contributed by atoms with Gasteiger partial charge in [0.25, 0.3) is 12.4 Å². The number of aromatic amines is 1. The number of H-pyrrole nitrogens is 1. The van der Waals surface area contributed by atoms with Crippen molar-refractivity contribution in [3.05, 3.63) is 35.0 Å². The van der Waals surface area contributed by atoms with Gasteiger partial charge in [-0.05, 0) is 56.6 Å². The van der Waals surface area contributed by atoms with Crippen LogP contribution >= 0.6 is 0 Å². The summed E-state index contributed by atoms with van der Waals surface area (Å²) < 4.78 is 5.93. The second-order valence-corrected chi connectivity index (χ2v) is 8.51. The highest BCUT2D eigenvalue weighted by Gasteiger charge is 2.41. The summed E-state index contributed by atoms with van der Waals surface area (Å²) in [4.78, 5) is 39.2. The Kier molecular flexibility index (Phi) is 6.27. The second-order valence-electron chi connectivity index (χ2n) is 8.51. The number of nitrogens with two attached hydrogens (primary N) is 1. The smallest absolute Gasteiger partial charge is 0.290 e. The number of nitrogens with one attached hydrogen (secondary N) is 1. The average Bonchev–Trinajstić information content (AvgIpc) is 3.17. The zero-order valence-corrected chi connectivity index (χ0v) is 17.5. The summed E-state index contributed by atoms with van der Waals surface area (Å²) in [5, 5.41) is 8.07. The maximum absolute atomic E-state index is 13.6. The highest BCUT2D eigenvalue weighted by Crippen LogP contribution is 2.35. The number of primary amides is 1. The molecule has 5 rings (SSSR count). The monoisotopic (exact) mass is 427 g/mol. The van der Waals surface area contributed by atoms with Gasteiger partial charge in [0.2, 0.25) is 5.91 Å². The molecule has 0 radical (unpaired) electrons.